The third-order valence-electron chi connectivity index (χ3n) is 4.52. The third kappa shape index (κ3) is 2.55. The SMILES string of the molecule is CCCC1CCC(N)C(c2cc3ccccc3o2)C1. The molecule has 2 heteroatoms. The molecular weight excluding hydrogens is 234 g/mol. The van der Waals surface area contributed by atoms with Gasteiger partial charge < -0.3 is 10.2 Å². The number of benzene rings is 1. The van der Waals surface area contributed by atoms with Gasteiger partial charge in [-0.3, -0.25) is 0 Å². The largest absolute Gasteiger partial charge is 0.461 e. The molecule has 1 saturated carbocycles. The lowest BCUT2D eigenvalue weighted by Gasteiger charge is -2.32. The van der Waals surface area contributed by atoms with Gasteiger partial charge in [0, 0.05) is 17.3 Å². The zero-order valence-corrected chi connectivity index (χ0v) is 11.6. The molecule has 0 spiro atoms. The van der Waals surface area contributed by atoms with Gasteiger partial charge in [0.25, 0.3) is 0 Å². The Hall–Kier alpha value is -1.28. The molecule has 2 aromatic rings. The maximum atomic E-state index is 6.33. The fourth-order valence-electron chi connectivity index (χ4n) is 3.46. The summed E-state index contributed by atoms with van der Waals surface area (Å²) >= 11 is 0. The molecular formula is C17H23NO. The lowest BCUT2D eigenvalue weighted by atomic mass is 9.75. The van der Waals surface area contributed by atoms with E-state index >= 15 is 0 Å². The molecule has 102 valence electrons. The van der Waals surface area contributed by atoms with Gasteiger partial charge in [0.05, 0.1) is 0 Å². The number of hydrogen-bond acceptors (Lipinski definition) is 2. The molecule has 1 fully saturated rings. The first-order valence-corrected chi connectivity index (χ1v) is 7.52. The standard InChI is InChI=1S/C17H23NO/c1-2-5-12-8-9-15(18)14(10-12)17-11-13-6-3-4-7-16(13)19-17/h3-4,6-7,11-12,14-15H,2,5,8-10,18H2,1H3. The van der Waals surface area contributed by atoms with Crippen LogP contribution in [-0.4, -0.2) is 6.04 Å². The van der Waals surface area contributed by atoms with E-state index < -0.39 is 0 Å². The first-order valence-electron chi connectivity index (χ1n) is 7.52. The van der Waals surface area contributed by atoms with E-state index in [1.807, 2.05) is 12.1 Å². The summed E-state index contributed by atoms with van der Waals surface area (Å²) in [5, 5.41) is 1.20. The Labute approximate surface area is 115 Å². The summed E-state index contributed by atoms with van der Waals surface area (Å²) in [7, 11) is 0. The van der Waals surface area contributed by atoms with Crippen molar-refractivity contribution in [1.82, 2.24) is 0 Å². The lowest BCUT2D eigenvalue weighted by molar-refractivity contribution is 0.254. The van der Waals surface area contributed by atoms with Crippen molar-refractivity contribution >= 4 is 11.0 Å². The minimum atomic E-state index is 0.258. The molecule has 1 aromatic carbocycles. The Balaban J connectivity index is 1.86. The highest BCUT2D eigenvalue weighted by atomic mass is 16.3. The molecule has 0 amide bonds. The van der Waals surface area contributed by atoms with E-state index in [-0.39, 0.29) is 6.04 Å². The van der Waals surface area contributed by atoms with Crippen LogP contribution in [0.1, 0.15) is 50.7 Å². The molecule has 3 atom stereocenters. The van der Waals surface area contributed by atoms with Crippen LogP contribution in [0.25, 0.3) is 11.0 Å². The average Bonchev–Trinajstić information content (AvgIpc) is 2.85. The summed E-state index contributed by atoms with van der Waals surface area (Å²) in [4.78, 5) is 0. The Kier molecular flexibility index (Phi) is 3.61. The predicted molar refractivity (Wildman–Crippen MR) is 79.2 cm³/mol. The molecule has 2 N–H and O–H groups in total. The highest BCUT2D eigenvalue weighted by Gasteiger charge is 2.31. The minimum Gasteiger partial charge on any atom is -0.461 e. The highest BCUT2D eigenvalue weighted by molar-refractivity contribution is 5.77. The molecule has 1 heterocycles. The Morgan fingerprint density at radius 1 is 1.26 bits per heavy atom. The van der Waals surface area contributed by atoms with Crippen molar-refractivity contribution in [3.8, 4) is 0 Å². The number of nitrogens with two attached hydrogens (primary N) is 1. The van der Waals surface area contributed by atoms with Gasteiger partial charge in [-0.1, -0.05) is 38.0 Å². The van der Waals surface area contributed by atoms with Gasteiger partial charge in [0.2, 0.25) is 0 Å². The predicted octanol–water partition coefficient (Wildman–Crippen LogP) is 4.44. The summed E-state index contributed by atoms with van der Waals surface area (Å²) in [6.45, 7) is 2.27. The molecule has 1 aromatic heterocycles. The Bertz CT molecular complexity index is 512. The highest BCUT2D eigenvalue weighted by Crippen LogP contribution is 2.39. The van der Waals surface area contributed by atoms with Crippen LogP contribution >= 0.6 is 0 Å². The van der Waals surface area contributed by atoms with Crippen LogP contribution in [0.5, 0.6) is 0 Å². The van der Waals surface area contributed by atoms with Gasteiger partial charge in [-0.15, -0.1) is 0 Å². The van der Waals surface area contributed by atoms with Crippen molar-refractivity contribution in [1.29, 1.82) is 0 Å². The van der Waals surface area contributed by atoms with Crippen molar-refractivity contribution in [3.63, 3.8) is 0 Å². The van der Waals surface area contributed by atoms with Gasteiger partial charge >= 0.3 is 0 Å². The number of furan rings is 1. The van der Waals surface area contributed by atoms with Crippen LogP contribution < -0.4 is 5.73 Å². The van der Waals surface area contributed by atoms with Crippen LogP contribution in [-0.2, 0) is 0 Å². The third-order valence-corrected chi connectivity index (χ3v) is 4.52. The van der Waals surface area contributed by atoms with Crippen LogP contribution in [0.2, 0.25) is 0 Å². The Morgan fingerprint density at radius 2 is 2.11 bits per heavy atom. The van der Waals surface area contributed by atoms with Gasteiger partial charge in [0.1, 0.15) is 11.3 Å². The van der Waals surface area contributed by atoms with Crippen molar-refractivity contribution < 1.29 is 4.42 Å². The maximum Gasteiger partial charge on any atom is 0.134 e. The first kappa shape index (κ1) is 12.7. The second-order valence-corrected chi connectivity index (χ2v) is 5.92. The summed E-state index contributed by atoms with van der Waals surface area (Å²) < 4.78 is 6.02. The topological polar surface area (TPSA) is 39.2 Å². The van der Waals surface area contributed by atoms with Crippen molar-refractivity contribution in [2.75, 3.05) is 0 Å². The molecule has 0 radical (unpaired) electrons. The molecule has 19 heavy (non-hydrogen) atoms. The lowest BCUT2D eigenvalue weighted by Crippen LogP contribution is -2.34. The van der Waals surface area contributed by atoms with E-state index in [1.54, 1.807) is 0 Å². The second kappa shape index (κ2) is 5.38. The van der Waals surface area contributed by atoms with Gasteiger partial charge in [-0.25, -0.2) is 0 Å². The number of hydrogen-bond donors (Lipinski definition) is 1. The van der Waals surface area contributed by atoms with Crippen LogP contribution in [0.3, 0.4) is 0 Å². The van der Waals surface area contributed by atoms with Crippen LogP contribution in [0, 0.1) is 5.92 Å². The monoisotopic (exact) mass is 257 g/mol. The van der Waals surface area contributed by atoms with Crippen molar-refractivity contribution in [2.24, 2.45) is 11.7 Å². The number of fused-ring (bicyclic) bond motifs is 1. The summed E-state index contributed by atoms with van der Waals surface area (Å²) in [6.07, 6.45) is 6.20. The normalized spacial score (nSPS) is 27.8. The molecule has 0 saturated heterocycles. The summed E-state index contributed by atoms with van der Waals surface area (Å²) in [6, 6.07) is 10.7. The quantitative estimate of drug-likeness (QED) is 0.882. The van der Waals surface area contributed by atoms with Crippen molar-refractivity contribution in [2.45, 2.75) is 51.0 Å². The molecule has 2 nitrogen and oxygen atoms in total. The first-order chi connectivity index (χ1) is 9.28. The van der Waals surface area contributed by atoms with E-state index in [1.165, 1.54) is 31.1 Å². The van der Waals surface area contributed by atoms with Crippen LogP contribution in [0.15, 0.2) is 34.7 Å². The van der Waals surface area contributed by atoms with E-state index in [4.69, 9.17) is 10.2 Å². The van der Waals surface area contributed by atoms with E-state index in [0.717, 1.165) is 23.7 Å². The van der Waals surface area contributed by atoms with Crippen molar-refractivity contribution in [3.05, 3.63) is 36.1 Å². The van der Waals surface area contributed by atoms with Crippen LogP contribution in [0.4, 0.5) is 0 Å². The average molecular weight is 257 g/mol. The molecule has 0 aliphatic heterocycles. The molecule has 0 bridgehead atoms. The van der Waals surface area contributed by atoms with E-state index in [9.17, 15) is 0 Å². The fourth-order valence-corrected chi connectivity index (χ4v) is 3.46. The zero-order chi connectivity index (χ0) is 13.2. The van der Waals surface area contributed by atoms with E-state index in [2.05, 4.69) is 25.1 Å². The summed E-state index contributed by atoms with van der Waals surface area (Å²) in [5.41, 5.74) is 7.32. The minimum absolute atomic E-state index is 0.258. The molecule has 3 unspecified atom stereocenters. The van der Waals surface area contributed by atoms with E-state index in [0.29, 0.717) is 5.92 Å². The fraction of sp³-hybridized carbons (Fsp3) is 0.529. The molecule has 1 aliphatic rings. The maximum absolute atomic E-state index is 6.33. The zero-order valence-electron chi connectivity index (χ0n) is 11.6. The smallest absolute Gasteiger partial charge is 0.134 e. The summed E-state index contributed by atoms with van der Waals surface area (Å²) in [5.74, 6) is 2.32. The van der Waals surface area contributed by atoms with Gasteiger partial charge in [-0.2, -0.15) is 0 Å². The number of rotatable bonds is 3. The second-order valence-electron chi connectivity index (χ2n) is 5.92. The Morgan fingerprint density at radius 3 is 2.89 bits per heavy atom. The molecule has 1 aliphatic carbocycles. The number of para-hydroxylation sites is 1. The van der Waals surface area contributed by atoms with Gasteiger partial charge in [0.15, 0.2) is 0 Å². The van der Waals surface area contributed by atoms with Gasteiger partial charge in [-0.05, 0) is 37.3 Å². The molecule has 3 rings (SSSR count).